The van der Waals surface area contributed by atoms with Crippen molar-refractivity contribution in [1.82, 2.24) is 4.90 Å². The van der Waals surface area contributed by atoms with Gasteiger partial charge in [0.2, 0.25) is 0 Å². The number of carboxylic acids is 1. The molecule has 0 aromatic heterocycles. The molecule has 0 spiro atoms. The Morgan fingerprint density at radius 1 is 1.40 bits per heavy atom. The van der Waals surface area contributed by atoms with Crippen molar-refractivity contribution in [2.75, 3.05) is 13.1 Å². The number of halogens is 1. The average Bonchev–Trinajstić information content (AvgIpc) is 2.82. The quantitative estimate of drug-likeness (QED) is 0.780. The van der Waals surface area contributed by atoms with E-state index in [1.165, 1.54) is 12.5 Å². The fourth-order valence-electron chi connectivity index (χ4n) is 2.95. The van der Waals surface area contributed by atoms with Crippen molar-refractivity contribution in [3.05, 3.63) is 35.6 Å². The molecule has 1 aliphatic rings. The second-order valence-corrected chi connectivity index (χ2v) is 5.52. The minimum Gasteiger partial charge on any atom is -0.481 e. The van der Waals surface area contributed by atoms with E-state index in [-0.39, 0.29) is 12.2 Å². The number of benzene rings is 1. The van der Waals surface area contributed by atoms with Crippen LogP contribution in [0.3, 0.4) is 0 Å². The molecule has 1 unspecified atom stereocenters. The van der Waals surface area contributed by atoms with E-state index in [9.17, 15) is 9.18 Å². The van der Waals surface area contributed by atoms with Gasteiger partial charge in [0, 0.05) is 12.5 Å². The highest BCUT2D eigenvalue weighted by Gasteiger charge is 2.24. The summed E-state index contributed by atoms with van der Waals surface area (Å²) in [7, 11) is 0. The minimum atomic E-state index is -0.720. The highest BCUT2D eigenvalue weighted by molar-refractivity contribution is 5.66. The minimum absolute atomic E-state index is 0.173. The van der Waals surface area contributed by atoms with Crippen LogP contribution in [0.5, 0.6) is 0 Å². The maximum Gasteiger partial charge on any atom is 0.303 e. The fourth-order valence-corrected chi connectivity index (χ4v) is 2.95. The van der Waals surface area contributed by atoms with Crippen LogP contribution in [0.4, 0.5) is 4.39 Å². The van der Waals surface area contributed by atoms with E-state index in [1.807, 2.05) is 6.07 Å². The second kappa shape index (κ2) is 7.39. The molecular weight excluding hydrogens is 257 g/mol. The Morgan fingerprint density at radius 3 is 3.00 bits per heavy atom. The van der Waals surface area contributed by atoms with Gasteiger partial charge in [-0.1, -0.05) is 12.1 Å². The largest absolute Gasteiger partial charge is 0.481 e. The Balaban J connectivity index is 1.80. The van der Waals surface area contributed by atoms with Gasteiger partial charge >= 0.3 is 5.97 Å². The van der Waals surface area contributed by atoms with Crippen molar-refractivity contribution in [2.45, 2.75) is 44.6 Å². The molecule has 0 bridgehead atoms. The number of nitrogens with zero attached hydrogens (tertiary/aromatic N) is 1. The molecule has 1 aromatic carbocycles. The van der Waals surface area contributed by atoms with Crippen molar-refractivity contribution in [1.29, 1.82) is 0 Å². The summed E-state index contributed by atoms with van der Waals surface area (Å²) in [6.07, 6.45) is 5.12. The smallest absolute Gasteiger partial charge is 0.303 e. The Labute approximate surface area is 119 Å². The van der Waals surface area contributed by atoms with Crippen LogP contribution in [-0.2, 0) is 11.2 Å². The third kappa shape index (κ3) is 4.60. The van der Waals surface area contributed by atoms with Gasteiger partial charge in [-0.05, 0) is 62.9 Å². The van der Waals surface area contributed by atoms with Gasteiger partial charge in [-0.2, -0.15) is 0 Å². The van der Waals surface area contributed by atoms with Gasteiger partial charge in [0.05, 0.1) is 0 Å². The summed E-state index contributed by atoms with van der Waals surface area (Å²) in [5.41, 5.74) is 1.05. The predicted octanol–water partition coefficient (Wildman–Crippen LogP) is 3.09. The number of unbranched alkanes of at least 4 members (excludes halogenated alkanes) is 1. The van der Waals surface area contributed by atoms with Crippen LogP contribution in [0, 0.1) is 5.82 Å². The van der Waals surface area contributed by atoms with Crippen molar-refractivity contribution in [3.8, 4) is 0 Å². The molecule has 1 saturated heterocycles. The van der Waals surface area contributed by atoms with E-state index >= 15 is 0 Å². The lowest BCUT2D eigenvalue weighted by Gasteiger charge is -2.24. The van der Waals surface area contributed by atoms with Gasteiger partial charge < -0.3 is 10.0 Å². The normalized spacial score (nSPS) is 19.4. The Bertz CT molecular complexity index is 450. The number of hydrogen-bond acceptors (Lipinski definition) is 2. The van der Waals surface area contributed by atoms with Gasteiger partial charge in [0.1, 0.15) is 5.82 Å². The molecule has 1 heterocycles. The lowest BCUT2D eigenvalue weighted by molar-refractivity contribution is -0.137. The summed E-state index contributed by atoms with van der Waals surface area (Å²) in [6, 6.07) is 7.30. The summed E-state index contributed by atoms with van der Waals surface area (Å²) in [6.45, 7) is 2.03. The molecule has 4 heteroatoms. The van der Waals surface area contributed by atoms with Crippen LogP contribution in [0.15, 0.2) is 24.3 Å². The molecule has 0 aliphatic carbocycles. The van der Waals surface area contributed by atoms with Crippen LogP contribution in [-0.4, -0.2) is 35.1 Å². The molecule has 0 saturated carbocycles. The molecule has 1 aromatic rings. The Morgan fingerprint density at radius 2 is 2.25 bits per heavy atom. The number of aliphatic carboxylic acids is 1. The summed E-state index contributed by atoms with van der Waals surface area (Å²) in [4.78, 5) is 12.9. The van der Waals surface area contributed by atoms with Crippen LogP contribution < -0.4 is 0 Å². The molecule has 1 aliphatic heterocycles. The van der Waals surface area contributed by atoms with E-state index in [1.54, 1.807) is 12.1 Å². The molecule has 1 N–H and O–H groups in total. The molecular formula is C16H22FNO2. The van der Waals surface area contributed by atoms with Gasteiger partial charge in [-0.25, -0.2) is 4.39 Å². The maximum absolute atomic E-state index is 13.2. The highest BCUT2D eigenvalue weighted by Crippen LogP contribution is 2.22. The number of carbonyl (C=O) groups is 1. The summed E-state index contributed by atoms with van der Waals surface area (Å²) >= 11 is 0. The van der Waals surface area contributed by atoms with Crippen LogP contribution >= 0.6 is 0 Å². The Kier molecular flexibility index (Phi) is 5.53. The van der Waals surface area contributed by atoms with Crippen molar-refractivity contribution < 1.29 is 14.3 Å². The lowest BCUT2D eigenvalue weighted by Crippen LogP contribution is -2.32. The second-order valence-electron chi connectivity index (χ2n) is 5.52. The van der Waals surface area contributed by atoms with Crippen molar-refractivity contribution in [2.24, 2.45) is 0 Å². The zero-order valence-corrected chi connectivity index (χ0v) is 11.7. The third-order valence-corrected chi connectivity index (χ3v) is 3.95. The molecule has 3 nitrogen and oxygen atoms in total. The number of rotatable bonds is 7. The van der Waals surface area contributed by atoms with E-state index < -0.39 is 5.97 Å². The van der Waals surface area contributed by atoms with Crippen LogP contribution in [0.25, 0.3) is 0 Å². The van der Waals surface area contributed by atoms with Crippen molar-refractivity contribution in [3.63, 3.8) is 0 Å². The van der Waals surface area contributed by atoms with Gasteiger partial charge in [-0.3, -0.25) is 4.79 Å². The first-order valence-electron chi connectivity index (χ1n) is 7.35. The topological polar surface area (TPSA) is 40.5 Å². The monoisotopic (exact) mass is 279 g/mol. The first kappa shape index (κ1) is 15.0. The fraction of sp³-hybridized carbons (Fsp3) is 0.562. The SMILES string of the molecule is O=C(O)CCCCN1CCCC1Cc1cccc(F)c1. The lowest BCUT2D eigenvalue weighted by atomic mass is 10.0. The van der Waals surface area contributed by atoms with Gasteiger partial charge in [-0.15, -0.1) is 0 Å². The summed E-state index contributed by atoms with van der Waals surface area (Å²) < 4.78 is 13.2. The standard InChI is InChI=1S/C16H22FNO2/c17-14-6-3-5-13(11-14)12-15-7-4-10-18(15)9-2-1-8-16(19)20/h3,5-6,11,15H,1-2,4,7-10,12H2,(H,19,20). The first-order valence-corrected chi connectivity index (χ1v) is 7.35. The zero-order valence-electron chi connectivity index (χ0n) is 11.7. The van der Waals surface area contributed by atoms with Gasteiger partial charge in [0.25, 0.3) is 0 Å². The van der Waals surface area contributed by atoms with E-state index in [0.29, 0.717) is 6.04 Å². The molecule has 2 rings (SSSR count). The number of likely N-dealkylation sites (tertiary alicyclic amines) is 1. The van der Waals surface area contributed by atoms with E-state index in [0.717, 1.165) is 44.3 Å². The first-order chi connectivity index (χ1) is 9.65. The molecule has 0 amide bonds. The van der Waals surface area contributed by atoms with E-state index in [2.05, 4.69) is 4.90 Å². The maximum atomic E-state index is 13.2. The average molecular weight is 279 g/mol. The molecule has 1 atom stereocenters. The van der Waals surface area contributed by atoms with Crippen molar-refractivity contribution >= 4 is 5.97 Å². The highest BCUT2D eigenvalue weighted by atomic mass is 19.1. The number of hydrogen-bond donors (Lipinski definition) is 1. The summed E-state index contributed by atoms with van der Waals surface area (Å²) in [5, 5.41) is 8.63. The predicted molar refractivity (Wildman–Crippen MR) is 76.2 cm³/mol. The molecule has 110 valence electrons. The molecule has 0 radical (unpaired) electrons. The molecule has 20 heavy (non-hydrogen) atoms. The van der Waals surface area contributed by atoms with Gasteiger partial charge in [0.15, 0.2) is 0 Å². The third-order valence-electron chi connectivity index (χ3n) is 3.95. The Hall–Kier alpha value is -1.42. The van der Waals surface area contributed by atoms with Crippen LogP contribution in [0.1, 0.15) is 37.7 Å². The number of carboxylic acid groups (broad SMARTS) is 1. The zero-order chi connectivity index (χ0) is 14.4. The van der Waals surface area contributed by atoms with E-state index in [4.69, 9.17) is 5.11 Å². The van der Waals surface area contributed by atoms with Crippen LogP contribution in [0.2, 0.25) is 0 Å². The molecule has 1 fully saturated rings. The summed E-state index contributed by atoms with van der Waals surface area (Å²) in [5.74, 6) is -0.892.